The monoisotopic (exact) mass is 364 g/mol. The lowest BCUT2D eigenvalue weighted by Crippen LogP contribution is -2.26. The molecule has 21 heavy (non-hydrogen) atoms. The Labute approximate surface area is 139 Å². The first-order valence-electron chi connectivity index (χ1n) is 7.32. The van der Waals surface area contributed by atoms with Crippen LogP contribution in [0.4, 0.5) is 0 Å². The molecule has 1 N–H and O–H groups in total. The summed E-state index contributed by atoms with van der Waals surface area (Å²) in [7, 11) is 0. The van der Waals surface area contributed by atoms with Gasteiger partial charge in [0.25, 0.3) is 0 Å². The highest BCUT2D eigenvalue weighted by molar-refractivity contribution is 9.10. The highest BCUT2D eigenvalue weighted by Gasteiger charge is 2.32. The van der Waals surface area contributed by atoms with Crippen LogP contribution in [-0.2, 0) is 6.42 Å². The molecule has 0 amide bonds. The van der Waals surface area contributed by atoms with E-state index in [4.69, 9.17) is 11.6 Å². The summed E-state index contributed by atoms with van der Waals surface area (Å²) in [4.78, 5) is 4.62. The molecule has 2 atom stereocenters. The number of nitrogens with one attached hydrogen (secondary N) is 1. The van der Waals surface area contributed by atoms with Gasteiger partial charge in [-0.25, -0.2) is 0 Å². The van der Waals surface area contributed by atoms with E-state index in [9.17, 15) is 0 Å². The predicted octanol–water partition coefficient (Wildman–Crippen LogP) is 4.88. The van der Waals surface area contributed by atoms with Crippen molar-refractivity contribution >= 4 is 27.5 Å². The first-order chi connectivity index (χ1) is 10.2. The molecule has 1 aliphatic carbocycles. The number of hydrogen-bond acceptors (Lipinski definition) is 2. The largest absolute Gasteiger partial charge is 0.310 e. The third-order valence-corrected chi connectivity index (χ3v) is 4.95. The Hall–Kier alpha value is -0.900. The summed E-state index contributed by atoms with van der Waals surface area (Å²) in [6, 6.07) is 10.6. The molecule has 0 radical (unpaired) electrons. The van der Waals surface area contributed by atoms with Crippen molar-refractivity contribution in [3.8, 4) is 0 Å². The number of aromatic nitrogens is 1. The molecule has 0 spiro atoms. The average Bonchev–Trinajstić information content (AvgIpc) is 2.89. The lowest BCUT2D eigenvalue weighted by molar-refractivity contribution is 0.447. The molecule has 110 valence electrons. The van der Waals surface area contributed by atoms with Gasteiger partial charge in [0.15, 0.2) is 0 Å². The van der Waals surface area contributed by atoms with Gasteiger partial charge in [-0.15, -0.1) is 0 Å². The van der Waals surface area contributed by atoms with Crippen LogP contribution in [0.25, 0.3) is 0 Å². The van der Waals surface area contributed by atoms with Gasteiger partial charge >= 0.3 is 0 Å². The third-order valence-electron chi connectivity index (χ3n) is 4.13. The van der Waals surface area contributed by atoms with Gasteiger partial charge in [0.05, 0.1) is 0 Å². The highest BCUT2D eigenvalue weighted by Crippen LogP contribution is 2.42. The van der Waals surface area contributed by atoms with Crippen molar-refractivity contribution in [2.24, 2.45) is 0 Å². The fraction of sp³-hybridized carbons (Fsp3) is 0.353. The molecule has 0 saturated heterocycles. The molecule has 1 aromatic carbocycles. The number of benzene rings is 1. The number of likely N-dealkylation sites (N-methyl/N-ethyl adjacent to an activating group) is 1. The summed E-state index contributed by atoms with van der Waals surface area (Å²) in [6.45, 7) is 3.05. The Morgan fingerprint density at radius 2 is 2.29 bits per heavy atom. The standard InChI is InChI=1S/C17H18BrClN2/c1-2-20-17(13-8-6-12(18)10-15(13)19)14-7-5-11-4-3-9-21-16(11)14/h3-4,6,8-10,14,17,20H,2,5,7H2,1H3. The van der Waals surface area contributed by atoms with Crippen LogP contribution in [0.15, 0.2) is 41.0 Å². The molecule has 1 heterocycles. The molecule has 0 aliphatic heterocycles. The zero-order valence-electron chi connectivity index (χ0n) is 11.9. The van der Waals surface area contributed by atoms with E-state index in [1.807, 2.05) is 18.3 Å². The van der Waals surface area contributed by atoms with Crippen LogP contribution < -0.4 is 5.32 Å². The molecule has 1 aromatic heterocycles. The second kappa shape index (κ2) is 6.47. The van der Waals surface area contributed by atoms with Crippen molar-refractivity contribution in [2.75, 3.05) is 6.54 Å². The summed E-state index contributed by atoms with van der Waals surface area (Å²) in [5, 5.41) is 4.41. The van der Waals surface area contributed by atoms with Crippen molar-refractivity contribution in [3.63, 3.8) is 0 Å². The number of hydrogen-bond donors (Lipinski definition) is 1. The van der Waals surface area contributed by atoms with E-state index in [2.05, 4.69) is 51.4 Å². The van der Waals surface area contributed by atoms with Crippen molar-refractivity contribution in [3.05, 3.63) is 62.8 Å². The summed E-state index contributed by atoms with van der Waals surface area (Å²) in [5.41, 5.74) is 3.76. The molecule has 0 bridgehead atoms. The van der Waals surface area contributed by atoms with Crippen molar-refractivity contribution in [2.45, 2.75) is 31.7 Å². The number of pyridine rings is 1. The summed E-state index contributed by atoms with van der Waals surface area (Å²) < 4.78 is 1.01. The summed E-state index contributed by atoms with van der Waals surface area (Å²) in [5.74, 6) is 0.389. The molecule has 2 nitrogen and oxygen atoms in total. The van der Waals surface area contributed by atoms with Crippen molar-refractivity contribution in [1.29, 1.82) is 0 Å². The third kappa shape index (κ3) is 3.01. The minimum atomic E-state index is 0.215. The lowest BCUT2D eigenvalue weighted by atomic mass is 9.90. The maximum Gasteiger partial charge on any atom is 0.0485 e. The number of halogens is 2. The topological polar surface area (TPSA) is 24.9 Å². The first-order valence-corrected chi connectivity index (χ1v) is 8.50. The molecular weight excluding hydrogens is 348 g/mol. The van der Waals surface area contributed by atoms with Gasteiger partial charge in [0, 0.05) is 33.3 Å². The number of rotatable bonds is 4. The van der Waals surface area contributed by atoms with Crippen LogP contribution in [0.1, 0.15) is 42.1 Å². The Bertz CT molecular complexity index is 644. The summed E-state index contributed by atoms with van der Waals surface area (Å²) in [6.07, 6.45) is 4.11. The van der Waals surface area contributed by atoms with Crippen LogP contribution in [0.5, 0.6) is 0 Å². The van der Waals surface area contributed by atoms with E-state index >= 15 is 0 Å². The fourth-order valence-corrected chi connectivity index (χ4v) is 4.00. The average molecular weight is 366 g/mol. The van der Waals surface area contributed by atoms with E-state index in [1.54, 1.807) is 0 Å². The van der Waals surface area contributed by atoms with Gasteiger partial charge < -0.3 is 5.32 Å². The molecule has 4 heteroatoms. The predicted molar refractivity (Wildman–Crippen MR) is 90.9 cm³/mol. The lowest BCUT2D eigenvalue weighted by Gasteiger charge is -2.26. The molecule has 1 aliphatic rings. The van der Waals surface area contributed by atoms with E-state index in [-0.39, 0.29) is 6.04 Å². The molecule has 3 rings (SSSR count). The molecule has 2 unspecified atom stereocenters. The van der Waals surface area contributed by atoms with E-state index in [0.29, 0.717) is 5.92 Å². The molecule has 0 fully saturated rings. The van der Waals surface area contributed by atoms with Gasteiger partial charge in [0.1, 0.15) is 0 Å². The van der Waals surface area contributed by atoms with E-state index in [0.717, 1.165) is 34.4 Å². The highest BCUT2D eigenvalue weighted by atomic mass is 79.9. The van der Waals surface area contributed by atoms with Gasteiger partial charge in [-0.2, -0.15) is 0 Å². The zero-order chi connectivity index (χ0) is 14.8. The first kappa shape index (κ1) is 15.0. The molecule has 2 aromatic rings. The van der Waals surface area contributed by atoms with Crippen molar-refractivity contribution in [1.82, 2.24) is 10.3 Å². The summed E-state index contributed by atoms with van der Waals surface area (Å²) >= 11 is 9.95. The quantitative estimate of drug-likeness (QED) is 0.835. The van der Waals surface area contributed by atoms with Gasteiger partial charge in [-0.1, -0.05) is 46.6 Å². The normalized spacial score (nSPS) is 18.5. The molecule has 0 saturated carbocycles. The van der Waals surface area contributed by atoms with E-state index < -0.39 is 0 Å². The van der Waals surface area contributed by atoms with Crippen LogP contribution in [0.2, 0.25) is 5.02 Å². The van der Waals surface area contributed by atoms with Crippen LogP contribution in [-0.4, -0.2) is 11.5 Å². The Kier molecular flexibility index (Phi) is 4.63. The van der Waals surface area contributed by atoms with E-state index in [1.165, 1.54) is 11.3 Å². The van der Waals surface area contributed by atoms with Crippen LogP contribution in [0.3, 0.4) is 0 Å². The number of fused-ring (bicyclic) bond motifs is 1. The number of nitrogens with zero attached hydrogens (tertiary/aromatic N) is 1. The van der Waals surface area contributed by atoms with Gasteiger partial charge in [-0.05, 0) is 48.7 Å². The zero-order valence-corrected chi connectivity index (χ0v) is 14.3. The van der Waals surface area contributed by atoms with Gasteiger partial charge in [-0.3, -0.25) is 4.98 Å². The maximum atomic E-state index is 6.48. The van der Waals surface area contributed by atoms with Crippen LogP contribution >= 0.6 is 27.5 Å². The minimum Gasteiger partial charge on any atom is -0.310 e. The van der Waals surface area contributed by atoms with Crippen LogP contribution in [0, 0.1) is 0 Å². The molecular formula is C17H18BrClN2. The maximum absolute atomic E-state index is 6.48. The Morgan fingerprint density at radius 3 is 3.05 bits per heavy atom. The van der Waals surface area contributed by atoms with Crippen molar-refractivity contribution < 1.29 is 0 Å². The second-order valence-corrected chi connectivity index (χ2v) is 6.72. The Morgan fingerprint density at radius 1 is 1.43 bits per heavy atom. The smallest absolute Gasteiger partial charge is 0.0485 e. The Balaban J connectivity index is 1.99. The fourth-order valence-electron chi connectivity index (χ4n) is 3.21. The second-order valence-electron chi connectivity index (χ2n) is 5.39. The van der Waals surface area contributed by atoms with Gasteiger partial charge in [0.2, 0.25) is 0 Å². The SMILES string of the molecule is CCNC(c1ccc(Br)cc1Cl)C1CCc2cccnc21. The minimum absolute atomic E-state index is 0.215. The number of aryl methyl sites for hydroxylation is 1.